The van der Waals surface area contributed by atoms with Gasteiger partial charge in [0.1, 0.15) is 17.1 Å². The lowest BCUT2D eigenvalue weighted by Crippen LogP contribution is -2.50. The Hall–Kier alpha value is -1.22. The molecule has 0 amide bonds. The summed E-state index contributed by atoms with van der Waals surface area (Å²) in [5.74, 6) is 3.16. The van der Waals surface area contributed by atoms with E-state index in [1.165, 1.54) is 12.8 Å². The molecule has 3 nitrogen and oxygen atoms in total. The standard InChI is InChI=1S/C17H25NO2/c1-11-6-7-17(12(2)8-11)10-15(18)14-9-13(19-3)4-5-16(14)20-17/h4-5,9,11-12,15H,6-8,10,18H2,1-3H3/t11?,12?,15-,17?/m0/s1. The van der Waals surface area contributed by atoms with Crippen molar-refractivity contribution in [2.75, 3.05) is 7.11 Å². The molecule has 1 spiro atoms. The van der Waals surface area contributed by atoms with Gasteiger partial charge in [-0.2, -0.15) is 0 Å². The smallest absolute Gasteiger partial charge is 0.125 e. The second kappa shape index (κ2) is 4.96. The van der Waals surface area contributed by atoms with Gasteiger partial charge in [0.25, 0.3) is 0 Å². The van der Waals surface area contributed by atoms with Gasteiger partial charge in [0.2, 0.25) is 0 Å². The van der Waals surface area contributed by atoms with Gasteiger partial charge >= 0.3 is 0 Å². The third kappa shape index (κ3) is 2.18. The Morgan fingerprint density at radius 1 is 1.35 bits per heavy atom. The van der Waals surface area contributed by atoms with Crippen molar-refractivity contribution in [1.82, 2.24) is 0 Å². The largest absolute Gasteiger partial charge is 0.497 e. The van der Waals surface area contributed by atoms with E-state index < -0.39 is 0 Å². The molecule has 0 saturated heterocycles. The maximum Gasteiger partial charge on any atom is 0.125 e. The molecule has 0 bridgehead atoms. The molecule has 1 saturated carbocycles. The first kappa shape index (κ1) is 13.7. The van der Waals surface area contributed by atoms with Crippen LogP contribution in [0.2, 0.25) is 0 Å². The van der Waals surface area contributed by atoms with Gasteiger partial charge in [-0.3, -0.25) is 0 Å². The summed E-state index contributed by atoms with van der Waals surface area (Å²) in [4.78, 5) is 0. The molecular weight excluding hydrogens is 250 g/mol. The zero-order valence-electron chi connectivity index (χ0n) is 12.7. The van der Waals surface area contributed by atoms with Gasteiger partial charge in [-0.1, -0.05) is 13.8 Å². The molecule has 2 aliphatic rings. The molecule has 4 atom stereocenters. The Bertz CT molecular complexity index is 502. The van der Waals surface area contributed by atoms with E-state index in [4.69, 9.17) is 15.2 Å². The number of methoxy groups -OCH3 is 1. The van der Waals surface area contributed by atoms with Gasteiger partial charge in [-0.25, -0.2) is 0 Å². The highest BCUT2D eigenvalue weighted by Crippen LogP contribution is 2.49. The maximum atomic E-state index is 6.46. The molecule has 1 aliphatic heterocycles. The van der Waals surface area contributed by atoms with Crippen LogP contribution >= 0.6 is 0 Å². The quantitative estimate of drug-likeness (QED) is 0.850. The van der Waals surface area contributed by atoms with Crippen molar-refractivity contribution < 1.29 is 9.47 Å². The third-order valence-electron chi connectivity index (χ3n) is 5.21. The van der Waals surface area contributed by atoms with Crippen molar-refractivity contribution >= 4 is 0 Å². The topological polar surface area (TPSA) is 44.5 Å². The number of ether oxygens (including phenoxy) is 2. The zero-order chi connectivity index (χ0) is 14.3. The van der Waals surface area contributed by atoms with Crippen molar-refractivity contribution in [2.45, 2.75) is 51.2 Å². The predicted octanol–water partition coefficient (Wildman–Crippen LogP) is 3.67. The van der Waals surface area contributed by atoms with E-state index in [1.54, 1.807) is 7.11 Å². The van der Waals surface area contributed by atoms with Crippen molar-refractivity contribution in [3.63, 3.8) is 0 Å². The van der Waals surface area contributed by atoms with Crippen LogP contribution < -0.4 is 15.2 Å². The first-order valence-corrected chi connectivity index (χ1v) is 7.66. The number of rotatable bonds is 1. The Morgan fingerprint density at radius 2 is 2.15 bits per heavy atom. The van der Waals surface area contributed by atoms with Gasteiger partial charge in [0.05, 0.1) is 7.11 Å². The molecule has 1 aromatic rings. The van der Waals surface area contributed by atoms with E-state index in [0.717, 1.165) is 35.8 Å². The summed E-state index contributed by atoms with van der Waals surface area (Å²) >= 11 is 0. The molecule has 3 rings (SSSR count). The highest BCUT2D eigenvalue weighted by molar-refractivity contribution is 5.44. The van der Waals surface area contributed by atoms with Crippen LogP contribution in [0.5, 0.6) is 11.5 Å². The third-order valence-corrected chi connectivity index (χ3v) is 5.21. The summed E-state index contributed by atoms with van der Waals surface area (Å²) in [6, 6.07) is 6.04. The number of benzene rings is 1. The summed E-state index contributed by atoms with van der Waals surface area (Å²) in [5, 5.41) is 0. The molecule has 3 unspecified atom stereocenters. The second-order valence-corrected chi connectivity index (χ2v) is 6.66. The van der Waals surface area contributed by atoms with Crippen molar-refractivity contribution in [1.29, 1.82) is 0 Å². The zero-order valence-corrected chi connectivity index (χ0v) is 12.7. The van der Waals surface area contributed by atoms with Crippen LogP contribution in [-0.4, -0.2) is 12.7 Å². The SMILES string of the molecule is COc1ccc2c(c1)[C@@H](N)CC1(CCC(C)CC1C)O2. The summed E-state index contributed by atoms with van der Waals surface area (Å²) in [6.45, 7) is 4.65. The molecular formula is C17H25NO2. The van der Waals surface area contributed by atoms with E-state index in [9.17, 15) is 0 Å². The molecule has 110 valence electrons. The van der Waals surface area contributed by atoms with Crippen molar-refractivity contribution in [3.05, 3.63) is 23.8 Å². The van der Waals surface area contributed by atoms with Gasteiger partial charge in [0, 0.05) is 18.0 Å². The van der Waals surface area contributed by atoms with Crippen LogP contribution in [0.15, 0.2) is 18.2 Å². The Morgan fingerprint density at radius 3 is 2.85 bits per heavy atom. The summed E-state index contributed by atoms with van der Waals surface area (Å²) in [6.07, 6.45) is 4.51. The minimum Gasteiger partial charge on any atom is -0.497 e. The van der Waals surface area contributed by atoms with Crippen molar-refractivity contribution in [2.24, 2.45) is 17.6 Å². The van der Waals surface area contributed by atoms with E-state index in [-0.39, 0.29) is 11.6 Å². The normalized spacial score (nSPS) is 36.3. The molecule has 1 fully saturated rings. The van der Waals surface area contributed by atoms with Crippen LogP contribution in [-0.2, 0) is 0 Å². The molecule has 1 heterocycles. The molecule has 2 N–H and O–H groups in total. The fourth-order valence-electron chi connectivity index (χ4n) is 3.91. The number of hydrogen-bond acceptors (Lipinski definition) is 3. The first-order chi connectivity index (χ1) is 9.54. The lowest BCUT2D eigenvalue weighted by atomic mass is 9.68. The fraction of sp³-hybridized carbons (Fsp3) is 0.647. The minimum absolute atomic E-state index is 0.0460. The average Bonchev–Trinajstić information content (AvgIpc) is 2.43. The summed E-state index contributed by atoms with van der Waals surface area (Å²) in [5.41, 5.74) is 7.46. The summed E-state index contributed by atoms with van der Waals surface area (Å²) in [7, 11) is 1.68. The van der Waals surface area contributed by atoms with E-state index in [0.29, 0.717) is 5.92 Å². The van der Waals surface area contributed by atoms with Gasteiger partial charge in [0.15, 0.2) is 0 Å². The number of hydrogen-bond donors (Lipinski definition) is 1. The van der Waals surface area contributed by atoms with E-state index >= 15 is 0 Å². The van der Waals surface area contributed by atoms with Crippen LogP contribution in [0.3, 0.4) is 0 Å². The fourth-order valence-corrected chi connectivity index (χ4v) is 3.91. The predicted molar refractivity (Wildman–Crippen MR) is 80.1 cm³/mol. The Balaban J connectivity index is 1.92. The lowest BCUT2D eigenvalue weighted by Gasteiger charge is -2.49. The maximum absolute atomic E-state index is 6.46. The number of fused-ring (bicyclic) bond motifs is 1. The van der Waals surface area contributed by atoms with Crippen LogP contribution in [0.25, 0.3) is 0 Å². The summed E-state index contributed by atoms with van der Waals surface area (Å²) < 4.78 is 11.7. The second-order valence-electron chi connectivity index (χ2n) is 6.66. The highest BCUT2D eigenvalue weighted by atomic mass is 16.5. The van der Waals surface area contributed by atoms with Gasteiger partial charge in [-0.15, -0.1) is 0 Å². The first-order valence-electron chi connectivity index (χ1n) is 7.66. The molecule has 1 aromatic carbocycles. The van der Waals surface area contributed by atoms with Gasteiger partial charge in [-0.05, 0) is 49.3 Å². The molecule has 0 aromatic heterocycles. The average molecular weight is 275 g/mol. The monoisotopic (exact) mass is 275 g/mol. The Kier molecular flexibility index (Phi) is 3.41. The van der Waals surface area contributed by atoms with E-state index in [1.807, 2.05) is 18.2 Å². The van der Waals surface area contributed by atoms with Crippen LogP contribution in [0, 0.1) is 11.8 Å². The van der Waals surface area contributed by atoms with Gasteiger partial charge < -0.3 is 15.2 Å². The van der Waals surface area contributed by atoms with Crippen LogP contribution in [0.1, 0.15) is 51.1 Å². The minimum atomic E-state index is -0.0620. The molecule has 0 radical (unpaired) electrons. The van der Waals surface area contributed by atoms with Crippen molar-refractivity contribution in [3.8, 4) is 11.5 Å². The molecule has 20 heavy (non-hydrogen) atoms. The van der Waals surface area contributed by atoms with Crippen LogP contribution in [0.4, 0.5) is 0 Å². The molecule has 3 heteroatoms. The Labute approximate surface area is 121 Å². The number of nitrogens with two attached hydrogens (primary N) is 1. The van der Waals surface area contributed by atoms with E-state index in [2.05, 4.69) is 13.8 Å². The highest BCUT2D eigenvalue weighted by Gasteiger charge is 2.46. The molecule has 1 aliphatic carbocycles. The lowest BCUT2D eigenvalue weighted by molar-refractivity contribution is -0.0519.